The first-order valence-corrected chi connectivity index (χ1v) is 10.6. The van der Waals surface area contributed by atoms with Gasteiger partial charge in [-0.25, -0.2) is 22.6 Å². The third-order valence-electron chi connectivity index (χ3n) is 3.99. The number of carbonyl (C=O) groups is 1. The standard InChI is InChI=1S/C19H19N3O7S/c1-21(2)18(24)28-14-7-8-15-16(10-14)29-19(25)22(17(15)23)11-12-5-4-6-13(9-12)20-30(3,26)27/h4-10,20H,11H2,1-3H3. The Hall–Kier alpha value is -3.60. The van der Waals surface area contributed by atoms with E-state index in [0.29, 0.717) is 11.3 Å². The molecule has 1 heterocycles. The second-order valence-electron chi connectivity index (χ2n) is 6.75. The Morgan fingerprint density at radius 3 is 2.57 bits per heavy atom. The monoisotopic (exact) mass is 433 g/mol. The van der Waals surface area contributed by atoms with E-state index < -0.39 is 27.4 Å². The zero-order valence-electron chi connectivity index (χ0n) is 16.4. The van der Waals surface area contributed by atoms with Crippen LogP contribution in [0.1, 0.15) is 5.56 Å². The molecule has 2 aromatic carbocycles. The van der Waals surface area contributed by atoms with Crippen molar-refractivity contribution in [2.24, 2.45) is 0 Å². The number of ether oxygens (including phenoxy) is 1. The molecule has 11 heteroatoms. The minimum Gasteiger partial charge on any atom is -0.410 e. The number of aromatic nitrogens is 1. The molecule has 3 aromatic rings. The normalized spacial score (nSPS) is 11.3. The van der Waals surface area contributed by atoms with Crippen molar-refractivity contribution in [3.63, 3.8) is 0 Å². The Morgan fingerprint density at radius 2 is 1.90 bits per heavy atom. The van der Waals surface area contributed by atoms with Crippen LogP contribution in [0.3, 0.4) is 0 Å². The van der Waals surface area contributed by atoms with Gasteiger partial charge in [-0.1, -0.05) is 12.1 Å². The van der Waals surface area contributed by atoms with E-state index in [1.54, 1.807) is 18.2 Å². The van der Waals surface area contributed by atoms with Gasteiger partial charge in [-0.15, -0.1) is 0 Å². The van der Waals surface area contributed by atoms with E-state index in [9.17, 15) is 22.8 Å². The first-order valence-electron chi connectivity index (χ1n) is 8.67. The number of carbonyl (C=O) groups excluding carboxylic acids is 1. The molecule has 0 unspecified atom stereocenters. The molecule has 0 spiro atoms. The van der Waals surface area contributed by atoms with E-state index in [0.717, 1.165) is 10.8 Å². The molecule has 158 valence electrons. The van der Waals surface area contributed by atoms with Gasteiger partial charge in [0.25, 0.3) is 5.56 Å². The van der Waals surface area contributed by atoms with Crippen molar-refractivity contribution in [1.82, 2.24) is 9.47 Å². The fourth-order valence-electron chi connectivity index (χ4n) is 2.66. The minimum atomic E-state index is -3.47. The van der Waals surface area contributed by atoms with E-state index in [1.165, 1.54) is 43.3 Å². The predicted molar refractivity (Wildman–Crippen MR) is 110 cm³/mol. The van der Waals surface area contributed by atoms with Crippen LogP contribution in [0.5, 0.6) is 5.75 Å². The number of sulfonamides is 1. The molecule has 0 fully saturated rings. The maximum Gasteiger partial charge on any atom is 0.422 e. The molecule has 0 aliphatic heterocycles. The average Bonchev–Trinajstić information content (AvgIpc) is 2.63. The van der Waals surface area contributed by atoms with Crippen molar-refractivity contribution in [3.05, 3.63) is 68.9 Å². The number of hydrogen-bond donors (Lipinski definition) is 1. The molecule has 3 rings (SSSR count). The maximum atomic E-state index is 12.8. The Labute approximate surface area is 171 Å². The SMILES string of the molecule is CN(C)C(=O)Oc1ccc2c(=O)n(Cc3cccc(NS(C)(=O)=O)c3)c(=O)oc2c1. The largest absolute Gasteiger partial charge is 0.422 e. The van der Waals surface area contributed by atoms with Gasteiger partial charge in [0.1, 0.15) is 11.3 Å². The molecule has 0 aliphatic carbocycles. The van der Waals surface area contributed by atoms with E-state index in [1.807, 2.05) is 0 Å². The molecule has 0 bridgehead atoms. The molecule has 0 saturated carbocycles. The topological polar surface area (TPSA) is 128 Å². The Kier molecular flexibility index (Phi) is 5.65. The summed E-state index contributed by atoms with van der Waals surface area (Å²) in [7, 11) is -0.435. The zero-order chi connectivity index (χ0) is 22.1. The summed E-state index contributed by atoms with van der Waals surface area (Å²) in [5.41, 5.74) is 0.223. The Balaban J connectivity index is 1.96. The van der Waals surface area contributed by atoms with Gasteiger partial charge in [0.2, 0.25) is 10.0 Å². The number of amides is 1. The number of hydrogen-bond acceptors (Lipinski definition) is 7. The highest BCUT2D eigenvalue weighted by molar-refractivity contribution is 7.92. The molecule has 0 saturated heterocycles. The third-order valence-corrected chi connectivity index (χ3v) is 4.59. The fraction of sp³-hybridized carbons (Fsp3) is 0.211. The van der Waals surface area contributed by atoms with Crippen LogP contribution in [-0.2, 0) is 16.6 Å². The van der Waals surface area contributed by atoms with Gasteiger partial charge in [0.15, 0.2) is 0 Å². The molecule has 10 nitrogen and oxygen atoms in total. The number of nitrogens with one attached hydrogen (secondary N) is 1. The van der Waals surface area contributed by atoms with Gasteiger partial charge in [-0.2, -0.15) is 0 Å². The summed E-state index contributed by atoms with van der Waals surface area (Å²) in [6.45, 7) is -0.117. The molecule has 30 heavy (non-hydrogen) atoms. The van der Waals surface area contributed by atoms with Gasteiger partial charge in [0, 0.05) is 25.8 Å². The molecule has 0 radical (unpaired) electrons. The molecular formula is C19H19N3O7S. The fourth-order valence-corrected chi connectivity index (χ4v) is 3.22. The van der Waals surface area contributed by atoms with Crippen LogP contribution in [0.15, 0.2) is 56.5 Å². The lowest BCUT2D eigenvalue weighted by molar-refractivity contribution is 0.172. The second-order valence-corrected chi connectivity index (χ2v) is 8.50. The summed E-state index contributed by atoms with van der Waals surface area (Å²) in [5, 5.41) is 0.129. The van der Waals surface area contributed by atoms with Gasteiger partial charge < -0.3 is 14.1 Å². The lowest BCUT2D eigenvalue weighted by atomic mass is 10.2. The number of nitrogens with zero attached hydrogens (tertiary/aromatic N) is 2. The van der Waals surface area contributed by atoms with E-state index in [4.69, 9.17) is 9.15 Å². The van der Waals surface area contributed by atoms with Crippen molar-refractivity contribution in [2.45, 2.75) is 6.54 Å². The molecular weight excluding hydrogens is 414 g/mol. The predicted octanol–water partition coefficient (Wildman–Crippen LogP) is 1.43. The quantitative estimate of drug-likeness (QED) is 0.645. The summed E-state index contributed by atoms with van der Waals surface area (Å²) in [6.07, 6.45) is 0.402. The van der Waals surface area contributed by atoms with Crippen LogP contribution >= 0.6 is 0 Å². The Morgan fingerprint density at radius 1 is 1.17 bits per heavy atom. The molecule has 0 aliphatic rings. The van der Waals surface area contributed by atoms with Gasteiger partial charge in [-0.3, -0.25) is 9.52 Å². The zero-order valence-corrected chi connectivity index (χ0v) is 17.2. The van der Waals surface area contributed by atoms with Crippen LogP contribution in [0.25, 0.3) is 11.0 Å². The third kappa shape index (κ3) is 4.87. The van der Waals surface area contributed by atoms with Gasteiger partial charge >= 0.3 is 11.8 Å². The van der Waals surface area contributed by atoms with Crippen LogP contribution < -0.4 is 20.8 Å². The second kappa shape index (κ2) is 8.03. The van der Waals surface area contributed by atoms with Crippen LogP contribution in [0.4, 0.5) is 10.5 Å². The van der Waals surface area contributed by atoms with Crippen molar-refractivity contribution in [2.75, 3.05) is 25.1 Å². The van der Waals surface area contributed by atoms with Gasteiger partial charge in [0.05, 0.1) is 18.2 Å². The number of rotatable bonds is 5. The van der Waals surface area contributed by atoms with Crippen molar-refractivity contribution >= 4 is 32.8 Å². The average molecular weight is 433 g/mol. The summed E-state index contributed by atoms with van der Waals surface area (Å²) in [6, 6.07) is 10.4. The lowest BCUT2D eigenvalue weighted by Crippen LogP contribution is -2.33. The van der Waals surface area contributed by atoms with Crippen LogP contribution in [0.2, 0.25) is 0 Å². The minimum absolute atomic E-state index is 0.0159. The summed E-state index contributed by atoms with van der Waals surface area (Å²) in [4.78, 5) is 38.1. The number of anilines is 1. The highest BCUT2D eigenvalue weighted by Crippen LogP contribution is 2.18. The summed E-state index contributed by atoms with van der Waals surface area (Å²) in [5.74, 6) is -0.772. The van der Waals surface area contributed by atoms with Crippen LogP contribution in [-0.4, -0.2) is 44.3 Å². The number of fused-ring (bicyclic) bond motifs is 1. The molecule has 0 atom stereocenters. The summed E-state index contributed by atoms with van der Waals surface area (Å²) >= 11 is 0. The van der Waals surface area contributed by atoms with Crippen molar-refractivity contribution in [3.8, 4) is 5.75 Å². The van der Waals surface area contributed by atoms with E-state index in [-0.39, 0.29) is 23.3 Å². The van der Waals surface area contributed by atoms with Crippen molar-refractivity contribution in [1.29, 1.82) is 0 Å². The highest BCUT2D eigenvalue weighted by atomic mass is 32.2. The maximum absolute atomic E-state index is 12.8. The Bertz CT molecular complexity index is 1340. The van der Waals surface area contributed by atoms with Crippen LogP contribution in [0, 0.1) is 0 Å². The molecule has 1 aromatic heterocycles. The molecule has 1 amide bonds. The van der Waals surface area contributed by atoms with E-state index >= 15 is 0 Å². The first kappa shape index (κ1) is 21.1. The first-order chi connectivity index (χ1) is 14.0. The molecule has 1 N–H and O–H groups in total. The smallest absolute Gasteiger partial charge is 0.410 e. The summed E-state index contributed by atoms with van der Waals surface area (Å²) < 4.78 is 36.3. The van der Waals surface area contributed by atoms with E-state index in [2.05, 4.69) is 4.72 Å². The van der Waals surface area contributed by atoms with Crippen molar-refractivity contribution < 1.29 is 22.4 Å². The lowest BCUT2D eigenvalue weighted by Gasteiger charge is -2.11. The highest BCUT2D eigenvalue weighted by Gasteiger charge is 2.14. The number of benzene rings is 2. The van der Waals surface area contributed by atoms with Gasteiger partial charge in [-0.05, 0) is 29.8 Å².